The first-order chi connectivity index (χ1) is 40.0. The van der Waals surface area contributed by atoms with Gasteiger partial charge in [-0.1, -0.05) is 346 Å². The van der Waals surface area contributed by atoms with E-state index in [0.717, 1.165) is 51.4 Å². The van der Waals surface area contributed by atoms with Gasteiger partial charge in [0.1, 0.15) is 0 Å². The predicted molar refractivity (Wildman–Crippen MR) is 356 cm³/mol. The van der Waals surface area contributed by atoms with E-state index in [1.54, 1.807) is 0 Å². The highest BCUT2D eigenvalue weighted by atomic mass is 16.5. The summed E-state index contributed by atoms with van der Waals surface area (Å²) < 4.78 is 5.51. The van der Waals surface area contributed by atoms with Gasteiger partial charge in [0.05, 0.1) is 25.4 Å². The van der Waals surface area contributed by atoms with Crippen LogP contribution in [-0.4, -0.2) is 47.4 Å². The highest BCUT2D eigenvalue weighted by molar-refractivity contribution is 5.76. The third-order valence-corrected chi connectivity index (χ3v) is 17.2. The summed E-state index contributed by atoms with van der Waals surface area (Å²) in [7, 11) is 0. The van der Waals surface area contributed by atoms with Gasteiger partial charge in [-0.3, -0.25) is 9.59 Å². The lowest BCUT2D eigenvalue weighted by molar-refractivity contribution is -0.143. The van der Waals surface area contributed by atoms with Gasteiger partial charge in [0.2, 0.25) is 5.91 Å². The van der Waals surface area contributed by atoms with Crippen molar-refractivity contribution in [1.29, 1.82) is 0 Å². The zero-order valence-corrected chi connectivity index (χ0v) is 54.8. The van der Waals surface area contributed by atoms with Gasteiger partial charge >= 0.3 is 5.97 Å². The lowest BCUT2D eigenvalue weighted by Crippen LogP contribution is -2.45. The van der Waals surface area contributed by atoms with Gasteiger partial charge in [0.15, 0.2) is 0 Å². The summed E-state index contributed by atoms with van der Waals surface area (Å²) in [6, 6.07) is -0.540. The van der Waals surface area contributed by atoms with Crippen molar-refractivity contribution in [2.75, 3.05) is 13.2 Å². The molecule has 0 aliphatic heterocycles. The molecule has 0 spiro atoms. The topological polar surface area (TPSA) is 95.9 Å². The van der Waals surface area contributed by atoms with E-state index in [1.807, 2.05) is 0 Å². The average Bonchev–Trinajstić information content (AvgIpc) is 3.47. The van der Waals surface area contributed by atoms with Crippen molar-refractivity contribution in [3.05, 3.63) is 36.5 Å². The first-order valence-corrected chi connectivity index (χ1v) is 36.7. The number of amides is 1. The number of nitrogens with one attached hydrogen (secondary N) is 1. The SMILES string of the molecule is CCCCC/C=C\C/C=C\CCCCCCCCCCCC(=O)OCCCCCCCCCCCCCC/C=C\CCCCCCCCCCCCCCCCC(=O)NC(CO)C(O)CCCCCCCCCCCCCCCCC. The molecule has 1 amide bonds. The molecular formula is C75H143NO5. The van der Waals surface area contributed by atoms with E-state index in [-0.39, 0.29) is 18.5 Å². The Hall–Kier alpha value is -1.92. The van der Waals surface area contributed by atoms with Gasteiger partial charge in [0, 0.05) is 12.8 Å². The number of hydrogen-bond donors (Lipinski definition) is 3. The average molecular weight is 1140 g/mol. The van der Waals surface area contributed by atoms with Crippen molar-refractivity contribution in [2.24, 2.45) is 0 Å². The van der Waals surface area contributed by atoms with Crippen LogP contribution >= 0.6 is 0 Å². The van der Waals surface area contributed by atoms with E-state index >= 15 is 0 Å². The summed E-state index contributed by atoms with van der Waals surface area (Å²) in [4.78, 5) is 24.6. The second-order valence-corrected chi connectivity index (χ2v) is 25.3. The molecule has 2 atom stereocenters. The molecule has 2 unspecified atom stereocenters. The monoisotopic (exact) mass is 1140 g/mol. The highest BCUT2D eigenvalue weighted by Crippen LogP contribution is 2.19. The lowest BCUT2D eigenvalue weighted by atomic mass is 10.0. The number of aliphatic hydroxyl groups is 2. The van der Waals surface area contributed by atoms with Crippen molar-refractivity contribution in [3.8, 4) is 0 Å². The molecule has 0 aromatic carbocycles. The Bertz CT molecular complexity index is 1310. The van der Waals surface area contributed by atoms with Crippen LogP contribution in [0.3, 0.4) is 0 Å². The Kier molecular flexibility index (Phi) is 68.9. The Morgan fingerprint density at radius 3 is 0.975 bits per heavy atom. The number of carbonyl (C=O) groups excluding carboxylic acids is 2. The first-order valence-electron chi connectivity index (χ1n) is 36.7. The largest absolute Gasteiger partial charge is 0.466 e. The molecule has 0 aliphatic rings. The van der Waals surface area contributed by atoms with Crippen molar-refractivity contribution >= 4 is 11.9 Å². The van der Waals surface area contributed by atoms with Gasteiger partial charge in [-0.05, 0) is 83.5 Å². The standard InChI is InChI=1S/C75H143NO5/c1-3-5-7-9-11-13-15-17-19-20-33-37-41-45-49-53-57-61-65-69-75(80)81-70-66-62-58-54-50-46-42-38-35-32-30-28-26-24-22-21-23-25-27-29-31-34-36-40-44-48-52-56-60-64-68-74(79)76-72(71-77)73(78)67-63-59-55-51-47-43-39-18-16-14-12-10-8-6-4-2/h11,13,17,19,22,24,72-73,77-78H,3-10,12,14-16,18,20-21,23,25-71H2,1-2H3,(H,76,79)/b13-11-,19-17-,24-22-. The number of rotatable bonds is 69. The molecule has 81 heavy (non-hydrogen) atoms. The molecule has 0 saturated carbocycles. The maximum atomic E-state index is 12.5. The molecule has 0 fully saturated rings. The van der Waals surface area contributed by atoms with Crippen molar-refractivity contribution in [1.82, 2.24) is 5.32 Å². The second-order valence-electron chi connectivity index (χ2n) is 25.3. The molecule has 0 aromatic heterocycles. The molecular weight excluding hydrogens is 995 g/mol. The number of esters is 1. The summed E-state index contributed by atoms with van der Waals surface area (Å²) >= 11 is 0. The fraction of sp³-hybridized carbons (Fsp3) is 0.893. The normalized spacial score (nSPS) is 12.7. The van der Waals surface area contributed by atoms with Gasteiger partial charge < -0.3 is 20.3 Å². The minimum atomic E-state index is -0.663. The minimum Gasteiger partial charge on any atom is -0.466 e. The Morgan fingerprint density at radius 1 is 0.346 bits per heavy atom. The molecule has 0 heterocycles. The highest BCUT2D eigenvalue weighted by Gasteiger charge is 2.20. The van der Waals surface area contributed by atoms with Crippen LogP contribution in [0.5, 0.6) is 0 Å². The van der Waals surface area contributed by atoms with Gasteiger partial charge in [-0.25, -0.2) is 0 Å². The second kappa shape index (κ2) is 70.6. The molecule has 0 bridgehead atoms. The molecule has 0 aromatic rings. The zero-order valence-electron chi connectivity index (χ0n) is 54.8. The molecule has 0 aliphatic carbocycles. The number of aliphatic hydroxyl groups excluding tert-OH is 2. The van der Waals surface area contributed by atoms with Crippen LogP contribution in [-0.2, 0) is 14.3 Å². The van der Waals surface area contributed by atoms with Crippen molar-refractivity contribution in [3.63, 3.8) is 0 Å². The fourth-order valence-corrected chi connectivity index (χ4v) is 11.6. The van der Waals surface area contributed by atoms with E-state index in [1.165, 1.54) is 321 Å². The Balaban J connectivity index is 3.35. The van der Waals surface area contributed by atoms with E-state index in [9.17, 15) is 19.8 Å². The summed E-state index contributed by atoms with van der Waals surface area (Å²) in [6.45, 7) is 4.96. The van der Waals surface area contributed by atoms with Crippen molar-refractivity contribution < 1.29 is 24.5 Å². The quantitative estimate of drug-likeness (QED) is 0.0320. The Labute approximate surface area is 506 Å². The van der Waals surface area contributed by atoms with Gasteiger partial charge in [-0.15, -0.1) is 0 Å². The van der Waals surface area contributed by atoms with Gasteiger partial charge in [-0.2, -0.15) is 0 Å². The van der Waals surface area contributed by atoms with Crippen LogP contribution in [0.2, 0.25) is 0 Å². The Morgan fingerprint density at radius 2 is 0.617 bits per heavy atom. The van der Waals surface area contributed by atoms with Crippen LogP contribution in [0.4, 0.5) is 0 Å². The number of ether oxygens (including phenoxy) is 1. The molecule has 6 heteroatoms. The third kappa shape index (κ3) is 67.1. The molecule has 0 rings (SSSR count). The molecule has 3 N–H and O–H groups in total. The van der Waals surface area contributed by atoms with Crippen LogP contribution in [0.1, 0.15) is 406 Å². The van der Waals surface area contributed by atoms with E-state index in [2.05, 4.69) is 55.6 Å². The molecule has 6 nitrogen and oxygen atoms in total. The van der Waals surface area contributed by atoms with Crippen LogP contribution < -0.4 is 5.32 Å². The maximum absolute atomic E-state index is 12.5. The smallest absolute Gasteiger partial charge is 0.305 e. The minimum absolute atomic E-state index is 0.0139. The van der Waals surface area contributed by atoms with E-state index in [0.29, 0.717) is 25.9 Å². The van der Waals surface area contributed by atoms with Crippen molar-refractivity contribution in [2.45, 2.75) is 418 Å². The summed E-state index contributed by atoms with van der Waals surface area (Å²) in [5.41, 5.74) is 0. The van der Waals surface area contributed by atoms with Crippen LogP contribution in [0.25, 0.3) is 0 Å². The molecule has 0 radical (unpaired) electrons. The molecule has 478 valence electrons. The first kappa shape index (κ1) is 79.1. The van der Waals surface area contributed by atoms with Crippen LogP contribution in [0, 0.1) is 0 Å². The fourth-order valence-electron chi connectivity index (χ4n) is 11.6. The lowest BCUT2D eigenvalue weighted by Gasteiger charge is -2.22. The summed E-state index contributed by atoms with van der Waals surface area (Å²) in [6.07, 6.45) is 90.6. The third-order valence-electron chi connectivity index (χ3n) is 17.2. The number of allylic oxidation sites excluding steroid dienone is 6. The number of unbranched alkanes of at least 4 members (excludes halogenated alkanes) is 52. The summed E-state index contributed by atoms with van der Waals surface area (Å²) in [5.74, 6) is -0.0169. The predicted octanol–water partition coefficient (Wildman–Crippen LogP) is 23.9. The number of hydrogen-bond acceptors (Lipinski definition) is 5. The maximum Gasteiger partial charge on any atom is 0.305 e. The van der Waals surface area contributed by atoms with Gasteiger partial charge in [0.25, 0.3) is 0 Å². The van der Waals surface area contributed by atoms with Crippen LogP contribution in [0.15, 0.2) is 36.5 Å². The summed E-state index contributed by atoms with van der Waals surface area (Å²) in [5, 5.41) is 23.3. The van der Waals surface area contributed by atoms with E-state index in [4.69, 9.17) is 4.74 Å². The molecule has 0 saturated heterocycles. The van der Waals surface area contributed by atoms with E-state index < -0.39 is 12.1 Å². The zero-order chi connectivity index (χ0) is 58.5. The number of carbonyl (C=O) groups is 2.